The molecule has 30 heavy (non-hydrogen) atoms. The van der Waals surface area contributed by atoms with Crippen LogP contribution in [0.2, 0.25) is 5.02 Å². The van der Waals surface area contributed by atoms with Gasteiger partial charge in [0.15, 0.2) is 0 Å². The van der Waals surface area contributed by atoms with E-state index in [-0.39, 0.29) is 23.4 Å². The van der Waals surface area contributed by atoms with Gasteiger partial charge in [-0.15, -0.1) is 0 Å². The Hall–Kier alpha value is -3.12. The summed E-state index contributed by atoms with van der Waals surface area (Å²) in [5.41, 5.74) is 3.25. The number of carbonyl (C=O) groups excluding carboxylic acids is 1. The van der Waals surface area contributed by atoms with Crippen LogP contribution in [0.25, 0.3) is 11.1 Å². The van der Waals surface area contributed by atoms with Crippen LogP contribution in [-0.4, -0.2) is 33.6 Å². The molecule has 2 atom stereocenters. The molecule has 1 saturated heterocycles. The van der Waals surface area contributed by atoms with Crippen LogP contribution in [0.1, 0.15) is 18.0 Å². The van der Waals surface area contributed by atoms with Gasteiger partial charge in [0.25, 0.3) is 5.56 Å². The Morgan fingerprint density at radius 1 is 1.07 bits per heavy atom. The van der Waals surface area contributed by atoms with E-state index in [2.05, 4.69) is 10.3 Å². The molecule has 2 aromatic heterocycles. The number of urea groups is 1. The van der Waals surface area contributed by atoms with Crippen molar-refractivity contribution in [2.24, 2.45) is 5.92 Å². The predicted molar refractivity (Wildman–Crippen MR) is 117 cm³/mol. The summed E-state index contributed by atoms with van der Waals surface area (Å²) in [6.45, 7) is 1.87. The molecule has 1 fully saturated rings. The number of hydrogen-bond acceptors (Lipinski definition) is 3. The SMILES string of the molecule is O=C(Nc1ccc(Cl)cc1)N1C[C@@H]2C[C@H](C1)c1ccc(-c3cccnc3)c(=O)n1C2. The fraction of sp³-hybridized carbons (Fsp3) is 0.261. The number of hydrogen-bond donors (Lipinski definition) is 1. The van der Waals surface area contributed by atoms with Crippen molar-refractivity contribution in [1.29, 1.82) is 0 Å². The highest BCUT2D eigenvalue weighted by Crippen LogP contribution is 2.36. The van der Waals surface area contributed by atoms with Gasteiger partial charge in [0.2, 0.25) is 0 Å². The number of likely N-dealkylation sites (tertiary alicyclic amines) is 1. The van der Waals surface area contributed by atoms with E-state index < -0.39 is 0 Å². The number of piperidine rings is 1. The van der Waals surface area contributed by atoms with Gasteiger partial charge in [-0.1, -0.05) is 17.7 Å². The zero-order valence-electron chi connectivity index (χ0n) is 16.3. The molecule has 6 nitrogen and oxygen atoms in total. The summed E-state index contributed by atoms with van der Waals surface area (Å²) in [6.07, 6.45) is 4.42. The maximum Gasteiger partial charge on any atom is 0.321 e. The topological polar surface area (TPSA) is 67.2 Å². The van der Waals surface area contributed by atoms with Gasteiger partial charge >= 0.3 is 6.03 Å². The summed E-state index contributed by atoms with van der Waals surface area (Å²) >= 11 is 5.92. The first-order valence-corrected chi connectivity index (χ1v) is 10.4. The van der Waals surface area contributed by atoms with Crippen molar-refractivity contribution in [3.8, 4) is 11.1 Å². The number of benzene rings is 1. The highest BCUT2D eigenvalue weighted by atomic mass is 35.5. The Balaban J connectivity index is 1.38. The summed E-state index contributed by atoms with van der Waals surface area (Å²) in [5, 5.41) is 3.58. The fourth-order valence-corrected chi connectivity index (χ4v) is 4.72. The Labute approximate surface area is 179 Å². The van der Waals surface area contributed by atoms with Crippen molar-refractivity contribution in [2.45, 2.75) is 18.9 Å². The minimum Gasteiger partial charge on any atom is -0.324 e. The fourth-order valence-electron chi connectivity index (χ4n) is 4.59. The summed E-state index contributed by atoms with van der Waals surface area (Å²) in [6, 6.07) is 14.6. The van der Waals surface area contributed by atoms with Crippen molar-refractivity contribution < 1.29 is 4.79 Å². The molecule has 2 aliphatic heterocycles. The Morgan fingerprint density at radius 2 is 1.90 bits per heavy atom. The maximum atomic E-state index is 13.2. The van der Waals surface area contributed by atoms with Crippen molar-refractivity contribution in [1.82, 2.24) is 14.5 Å². The number of nitrogens with one attached hydrogen (secondary N) is 1. The molecule has 1 N–H and O–H groups in total. The third kappa shape index (κ3) is 3.48. The minimum absolute atomic E-state index is 0.0225. The lowest BCUT2D eigenvalue weighted by Crippen LogP contribution is -2.50. The molecule has 0 saturated carbocycles. The van der Waals surface area contributed by atoms with Crippen molar-refractivity contribution >= 4 is 23.3 Å². The third-order valence-electron chi connectivity index (χ3n) is 5.96. The number of carbonyl (C=O) groups is 1. The van der Waals surface area contributed by atoms with E-state index in [1.807, 2.05) is 33.7 Å². The Kier molecular flexibility index (Phi) is 4.79. The molecule has 7 heteroatoms. The third-order valence-corrected chi connectivity index (χ3v) is 6.21. The molecule has 152 valence electrons. The number of nitrogens with zero attached hydrogens (tertiary/aromatic N) is 3. The monoisotopic (exact) mass is 420 g/mol. The molecule has 4 heterocycles. The van der Waals surface area contributed by atoms with Gasteiger partial charge < -0.3 is 14.8 Å². The number of amides is 2. The molecule has 0 unspecified atom stereocenters. The van der Waals surface area contributed by atoms with Gasteiger partial charge in [-0.05, 0) is 54.8 Å². The molecule has 1 aromatic carbocycles. The lowest BCUT2D eigenvalue weighted by atomic mass is 9.83. The van der Waals surface area contributed by atoms with E-state index in [0.29, 0.717) is 30.2 Å². The molecular formula is C23H21ClN4O2. The first kappa shape index (κ1) is 18.9. The molecule has 2 amide bonds. The summed E-state index contributed by atoms with van der Waals surface area (Å²) < 4.78 is 1.90. The normalized spacial score (nSPS) is 19.8. The number of anilines is 1. The van der Waals surface area contributed by atoms with E-state index in [4.69, 9.17) is 11.6 Å². The van der Waals surface area contributed by atoms with Crippen molar-refractivity contribution in [3.63, 3.8) is 0 Å². The average molecular weight is 421 g/mol. The van der Waals surface area contributed by atoms with Crippen LogP contribution in [0.5, 0.6) is 0 Å². The van der Waals surface area contributed by atoms with Crippen molar-refractivity contribution in [3.05, 3.63) is 82.0 Å². The average Bonchev–Trinajstić information content (AvgIpc) is 2.76. The van der Waals surface area contributed by atoms with Crippen LogP contribution in [0.3, 0.4) is 0 Å². The van der Waals surface area contributed by atoms with Crippen LogP contribution in [0, 0.1) is 5.92 Å². The quantitative estimate of drug-likeness (QED) is 0.675. The van der Waals surface area contributed by atoms with Crippen LogP contribution < -0.4 is 10.9 Å². The van der Waals surface area contributed by atoms with Gasteiger partial charge in [0.1, 0.15) is 0 Å². The molecule has 0 radical (unpaired) electrons. The Morgan fingerprint density at radius 3 is 2.67 bits per heavy atom. The van der Waals surface area contributed by atoms with Gasteiger partial charge in [0, 0.05) is 65.5 Å². The second kappa shape index (κ2) is 7.61. The first-order valence-electron chi connectivity index (χ1n) is 10.0. The van der Waals surface area contributed by atoms with E-state index in [1.54, 1.807) is 36.7 Å². The molecular weight excluding hydrogens is 400 g/mol. The van der Waals surface area contributed by atoms with Crippen LogP contribution in [0.4, 0.5) is 10.5 Å². The molecule has 2 aliphatic rings. The van der Waals surface area contributed by atoms with Gasteiger partial charge in [-0.25, -0.2) is 4.79 Å². The number of halogens is 1. The van der Waals surface area contributed by atoms with Gasteiger partial charge in [-0.2, -0.15) is 0 Å². The zero-order chi connectivity index (χ0) is 20.7. The van der Waals surface area contributed by atoms with Gasteiger partial charge in [-0.3, -0.25) is 9.78 Å². The highest BCUT2D eigenvalue weighted by molar-refractivity contribution is 6.30. The molecule has 3 aromatic rings. The molecule has 0 aliphatic carbocycles. The second-order valence-electron chi connectivity index (χ2n) is 7.97. The largest absolute Gasteiger partial charge is 0.324 e. The zero-order valence-corrected chi connectivity index (χ0v) is 17.0. The molecule has 0 spiro atoms. The number of fused-ring (bicyclic) bond motifs is 4. The minimum atomic E-state index is -0.116. The second-order valence-corrected chi connectivity index (χ2v) is 8.41. The van der Waals surface area contributed by atoms with Gasteiger partial charge in [0.05, 0.1) is 0 Å². The molecule has 2 bridgehead atoms. The van der Waals surface area contributed by atoms with Crippen LogP contribution in [0.15, 0.2) is 65.7 Å². The summed E-state index contributed by atoms with van der Waals surface area (Å²) in [5.74, 6) is 0.415. The summed E-state index contributed by atoms with van der Waals surface area (Å²) in [7, 11) is 0. The van der Waals surface area contributed by atoms with E-state index in [0.717, 1.165) is 23.4 Å². The lowest BCUT2D eigenvalue weighted by Gasteiger charge is -2.42. The van der Waals surface area contributed by atoms with Crippen molar-refractivity contribution in [2.75, 3.05) is 18.4 Å². The van der Waals surface area contributed by atoms with Crippen LogP contribution in [-0.2, 0) is 6.54 Å². The number of rotatable bonds is 2. The molecule has 5 rings (SSSR count). The van der Waals surface area contributed by atoms with E-state index in [9.17, 15) is 9.59 Å². The maximum absolute atomic E-state index is 13.2. The predicted octanol–water partition coefficient (Wildman–Crippen LogP) is 4.21. The standard InChI is InChI=1S/C23H21ClN4O2/c24-18-3-5-19(6-4-18)26-23(30)27-12-15-10-17(14-27)21-8-7-20(22(29)28(21)13-15)16-2-1-9-25-11-16/h1-9,11,15,17H,10,12-14H2,(H,26,30)/t15-,17+/m0/s1. The Bertz CT molecular complexity index is 1140. The number of aromatic nitrogens is 2. The summed E-state index contributed by atoms with van der Waals surface area (Å²) in [4.78, 5) is 32.0. The number of pyridine rings is 2. The van der Waals surface area contributed by atoms with Crippen LogP contribution >= 0.6 is 11.6 Å². The lowest BCUT2D eigenvalue weighted by molar-refractivity contribution is 0.139. The van der Waals surface area contributed by atoms with E-state index >= 15 is 0 Å². The van der Waals surface area contributed by atoms with E-state index in [1.165, 1.54) is 0 Å². The smallest absolute Gasteiger partial charge is 0.321 e. The highest BCUT2D eigenvalue weighted by Gasteiger charge is 2.36. The first-order chi connectivity index (χ1) is 14.6.